The first kappa shape index (κ1) is 17.5. The van der Waals surface area contributed by atoms with Gasteiger partial charge in [0.2, 0.25) is 5.91 Å². The first-order valence-electron chi connectivity index (χ1n) is 7.19. The number of carbonyl (C=O) groups excluding carboxylic acids is 1. The van der Waals surface area contributed by atoms with Gasteiger partial charge in [0, 0.05) is 9.79 Å². The zero-order chi connectivity index (χ0) is 16.7. The normalized spacial score (nSPS) is 10.1. The molecule has 2 aromatic carbocycles. The fraction of sp³-hybridized carbons (Fsp3) is 0.222. The van der Waals surface area contributed by atoms with Gasteiger partial charge in [-0.3, -0.25) is 4.79 Å². The van der Waals surface area contributed by atoms with Gasteiger partial charge in [-0.2, -0.15) is 5.26 Å². The van der Waals surface area contributed by atoms with Crippen LogP contribution in [0.2, 0.25) is 0 Å². The molecule has 0 radical (unpaired) electrons. The lowest BCUT2D eigenvalue weighted by atomic mass is 10.2. The number of rotatable bonds is 6. The average molecular weight is 342 g/mol. The summed E-state index contributed by atoms with van der Waals surface area (Å²) in [5.74, 6) is 0.686. The van der Waals surface area contributed by atoms with Gasteiger partial charge in [-0.15, -0.1) is 23.5 Å². The summed E-state index contributed by atoms with van der Waals surface area (Å²) >= 11 is 2.96. The molecule has 0 heterocycles. The van der Waals surface area contributed by atoms with Gasteiger partial charge in [-0.05, 0) is 37.6 Å². The highest BCUT2D eigenvalue weighted by molar-refractivity contribution is 8.00. The van der Waals surface area contributed by atoms with Crippen molar-refractivity contribution in [2.75, 3.05) is 16.8 Å². The Labute approximate surface area is 145 Å². The van der Waals surface area contributed by atoms with Crippen molar-refractivity contribution in [3.05, 3.63) is 53.6 Å². The smallest absolute Gasteiger partial charge is 0.234 e. The van der Waals surface area contributed by atoms with E-state index in [9.17, 15) is 4.79 Å². The standard InChI is InChI=1S/C18H18N2OS2/c1-13-7-8-16(14(2)11-13)23-12-18(21)20-15-5-3-4-6-17(15)22-10-9-19/h3-8,11H,10,12H2,1-2H3,(H,20,21). The van der Waals surface area contributed by atoms with E-state index in [1.165, 1.54) is 34.7 Å². The highest BCUT2D eigenvalue weighted by Crippen LogP contribution is 2.27. The molecule has 0 aromatic heterocycles. The number of nitrogens with one attached hydrogen (secondary N) is 1. The minimum atomic E-state index is -0.0417. The lowest BCUT2D eigenvalue weighted by molar-refractivity contribution is -0.113. The molecule has 1 N–H and O–H groups in total. The van der Waals surface area contributed by atoms with Crippen molar-refractivity contribution in [2.24, 2.45) is 0 Å². The minimum Gasteiger partial charge on any atom is -0.324 e. The van der Waals surface area contributed by atoms with Crippen molar-refractivity contribution in [3.63, 3.8) is 0 Å². The summed E-state index contributed by atoms with van der Waals surface area (Å²) in [6.07, 6.45) is 0. The summed E-state index contributed by atoms with van der Waals surface area (Å²) < 4.78 is 0. The molecule has 0 saturated heterocycles. The molecule has 3 nitrogen and oxygen atoms in total. The third kappa shape index (κ3) is 5.34. The molecule has 23 heavy (non-hydrogen) atoms. The van der Waals surface area contributed by atoms with Gasteiger partial charge in [-0.1, -0.05) is 29.8 Å². The molecule has 0 aliphatic heterocycles. The Hall–Kier alpha value is -1.90. The second kappa shape index (κ2) is 8.66. The SMILES string of the molecule is Cc1ccc(SCC(=O)Nc2ccccc2SCC#N)c(C)c1. The second-order valence-electron chi connectivity index (χ2n) is 5.05. The minimum absolute atomic E-state index is 0.0417. The fourth-order valence-corrected chi connectivity index (χ4v) is 3.58. The van der Waals surface area contributed by atoms with E-state index in [-0.39, 0.29) is 5.91 Å². The summed E-state index contributed by atoms with van der Waals surface area (Å²) in [5, 5.41) is 11.6. The van der Waals surface area contributed by atoms with E-state index in [1.54, 1.807) is 0 Å². The molecule has 0 spiro atoms. The van der Waals surface area contributed by atoms with Crippen LogP contribution in [-0.2, 0) is 4.79 Å². The van der Waals surface area contributed by atoms with Crippen molar-refractivity contribution in [1.29, 1.82) is 5.26 Å². The molecule has 0 fully saturated rings. The van der Waals surface area contributed by atoms with Crippen LogP contribution in [-0.4, -0.2) is 17.4 Å². The first-order valence-corrected chi connectivity index (χ1v) is 9.16. The Balaban J connectivity index is 1.96. The number of para-hydroxylation sites is 1. The highest BCUT2D eigenvalue weighted by Gasteiger charge is 2.08. The van der Waals surface area contributed by atoms with Crippen molar-refractivity contribution >= 4 is 35.1 Å². The van der Waals surface area contributed by atoms with E-state index in [0.29, 0.717) is 11.5 Å². The van der Waals surface area contributed by atoms with Crippen LogP contribution in [0.15, 0.2) is 52.3 Å². The monoisotopic (exact) mass is 342 g/mol. The number of anilines is 1. The van der Waals surface area contributed by atoms with E-state index in [2.05, 4.69) is 43.4 Å². The maximum Gasteiger partial charge on any atom is 0.234 e. The number of benzene rings is 2. The zero-order valence-corrected chi connectivity index (χ0v) is 14.8. The fourth-order valence-electron chi connectivity index (χ4n) is 2.10. The van der Waals surface area contributed by atoms with Crippen LogP contribution in [0.4, 0.5) is 5.69 Å². The lowest BCUT2D eigenvalue weighted by Crippen LogP contribution is -2.14. The average Bonchev–Trinajstić information content (AvgIpc) is 2.53. The largest absolute Gasteiger partial charge is 0.324 e. The van der Waals surface area contributed by atoms with Gasteiger partial charge in [0.25, 0.3) is 0 Å². The molecule has 2 aromatic rings. The molecule has 0 aliphatic carbocycles. The lowest BCUT2D eigenvalue weighted by Gasteiger charge is -2.10. The molecular formula is C18H18N2OS2. The van der Waals surface area contributed by atoms with Crippen molar-refractivity contribution in [3.8, 4) is 6.07 Å². The van der Waals surface area contributed by atoms with E-state index in [0.717, 1.165) is 15.5 Å². The molecule has 0 unspecified atom stereocenters. The Morgan fingerprint density at radius 1 is 1.13 bits per heavy atom. The number of hydrogen-bond donors (Lipinski definition) is 1. The molecule has 118 valence electrons. The summed E-state index contributed by atoms with van der Waals surface area (Å²) in [4.78, 5) is 14.2. The van der Waals surface area contributed by atoms with E-state index >= 15 is 0 Å². The first-order chi connectivity index (χ1) is 11.1. The number of aryl methyl sites for hydroxylation is 2. The molecule has 0 bridgehead atoms. The number of carbonyl (C=O) groups is 1. The van der Waals surface area contributed by atoms with E-state index < -0.39 is 0 Å². The van der Waals surface area contributed by atoms with Crippen LogP contribution < -0.4 is 5.32 Å². The molecular weight excluding hydrogens is 324 g/mol. The molecule has 0 saturated carbocycles. The Morgan fingerprint density at radius 2 is 1.91 bits per heavy atom. The third-order valence-electron chi connectivity index (χ3n) is 3.14. The van der Waals surface area contributed by atoms with Crippen molar-refractivity contribution < 1.29 is 4.79 Å². The maximum atomic E-state index is 12.2. The number of thioether (sulfide) groups is 2. The van der Waals surface area contributed by atoms with E-state index in [1.807, 2.05) is 24.3 Å². The molecule has 0 aliphatic rings. The molecule has 1 amide bonds. The zero-order valence-electron chi connectivity index (χ0n) is 13.1. The molecule has 2 rings (SSSR count). The Morgan fingerprint density at radius 3 is 2.65 bits per heavy atom. The van der Waals surface area contributed by atoms with Gasteiger partial charge in [0.1, 0.15) is 0 Å². The summed E-state index contributed by atoms with van der Waals surface area (Å²) in [6, 6.07) is 15.9. The van der Waals surface area contributed by atoms with Gasteiger partial charge in [0.15, 0.2) is 0 Å². The number of amides is 1. The summed E-state index contributed by atoms with van der Waals surface area (Å²) in [6.45, 7) is 4.12. The van der Waals surface area contributed by atoms with Crippen LogP contribution in [0.5, 0.6) is 0 Å². The Kier molecular flexibility index (Phi) is 6.57. The quantitative estimate of drug-likeness (QED) is 0.776. The number of nitrogens with zero attached hydrogens (tertiary/aromatic N) is 1. The topological polar surface area (TPSA) is 52.9 Å². The van der Waals surface area contributed by atoms with Crippen LogP contribution >= 0.6 is 23.5 Å². The van der Waals surface area contributed by atoms with E-state index in [4.69, 9.17) is 5.26 Å². The summed E-state index contributed by atoms with van der Waals surface area (Å²) in [7, 11) is 0. The summed E-state index contributed by atoms with van der Waals surface area (Å²) in [5.41, 5.74) is 3.17. The molecule has 5 heteroatoms. The maximum absolute atomic E-state index is 12.2. The van der Waals surface area contributed by atoms with Crippen LogP contribution in [0.1, 0.15) is 11.1 Å². The van der Waals surface area contributed by atoms with Gasteiger partial charge < -0.3 is 5.32 Å². The molecule has 0 atom stereocenters. The van der Waals surface area contributed by atoms with Gasteiger partial charge >= 0.3 is 0 Å². The predicted octanol–water partition coefficient (Wildman–Crippen LogP) is 4.65. The highest BCUT2D eigenvalue weighted by atomic mass is 32.2. The predicted molar refractivity (Wildman–Crippen MR) is 98.0 cm³/mol. The van der Waals surface area contributed by atoms with Crippen molar-refractivity contribution in [1.82, 2.24) is 0 Å². The van der Waals surface area contributed by atoms with Crippen LogP contribution in [0.3, 0.4) is 0 Å². The number of hydrogen-bond acceptors (Lipinski definition) is 4. The van der Waals surface area contributed by atoms with Crippen LogP contribution in [0.25, 0.3) is 0 Å². The second-order valence-corrected chi connectivity index (χ2v) is 7.08. The van der Waals surface area contributed by atoms with Gasteiger partial charge in [0.05, 0.1) is 23.3 Å². The van der Waals surface area contributed by atoms with Crippen LogP contribution in [0, 0.1) is 25.2 Å². The third-order valence-corrected chi connectivity index (χ3v) is 5.26. The van der Waals surface area contributed by atoms with Gasteiger partial charge in [-0.25, -0.2) is 0 Å². The Bertz CT molecular complexity index is 738. The van der Waals surface area contributed by atoms with Crippen molar-refractivity contribution in [2.45, 2.75) is 23.6 Å². The number of nitriles is 1.